The maximum atomic E-state index is 11.6. The van der Waals surface area contributed by atoms with Crippen LogP contribution in [0.25, 0.3) is 0 Å². The van der Waals surface area contributed by atoms with Crippen molar-refractivity contribution in [3.63, 3.8) is 0 Å². The largest absolute Gasteiger partial charge is 0.469 e. The minimum Gasteiger partial charge on any atom is -0.469 e. The van der Waals surface area contributed by atoms with Crippen LogP contribution in [0.4, 0.5) is 0 Å². The molecule has 1 fully saturated rings. The molecule has 0 radical (unpaired) electrons. The third-order valence-electron chi connectivity index (χ3n) is 12.1. The highest BCUT2D eigenvalue weighted by Gasteiger charge is 2.41. The molecular weight excluding hydrogens is 759 g/mol. The van der Waals surface area contributed by atoms with Crippen molar-refractivity contribution in [2.24, 2.45) is 0 Å². The lowest BCUT2D eigenvalue weighted by Crippen LogP contribution is -2.37. The van der Waals surface area contributed by atoms with Gasteiger partial charge in [0, 0.05) is 32.2 Å². The van der Waals surface area contributed by atoms with E-state index in [9.17, 15) is 9.59 Å². The van der Waals surface area contributed by atoms with Crippen molar-refractivity contribution in [3.8, 4) is 0 Å². The van der Waals surface area contributed by atoms with E-state index >= 15 is 0 Å². The summed E-state index contributed by atoms with van der Waals surface area (Å²) in [5.74, 6) is -0.716. The lowest BCUT2D eigenvalue weighted by Gasteiger charge is -2.30. The Bertz CT molecular complexity index is 1040. The SMILES string of the molecule is CCCCC/C=C\C/C=C\CCCCCCCCC1(CCCCCCCC/C=C\C/C=C\CCCCC)OC[C@H](CN(CCCCCC(=O)OC)CCCCCC(=O)OC)O1. The average molecular weight is 856 g/mol. The van der Waals surface area contributed by atoms with Gasteiger partial charge in [-0.1, -0.05) is 152 Å². The molecule has 0 aromatic rings. The lowest BCUT2D eigenvalue weighted by molar-refractivity contribution is -0.180. The van der Waals surface area contributed by atoms with Crippen LogP contribution >= 0.6 is 0 Å². The van der Waals surface area contributed by atoms with E-state index < -0.39 is 5.79 Å². The summed E-state index contributed by atoms with van der Waals surface area (Å²) in [7, 11) is 2.92. The number of nitrogens with zero attached hydrogens (tertiary/aromatic N) is 1. The van der Waals surface area contributed by atoms with Crippen LogP contribution in [-0.2, 0) is 28.5 Å². The van der Waals surface area contributed by atoms with E-state index in [1.165, 1.54) is 143 Å². The minimum atomic E-state index is -0.456. The molecule has 1 heterocycles. The minimum absolute atomic E-state index is 0.0688. The Hall–Kier alpha value is -2.22. The van der Waals surface area contributed by atoms with Gasteiger partial charge in [-0.05, 0) is 116 Å². The Morgan fingerprint density at radius 3 is 1.30 bits per heavy atom. The highest BCUT2D eigenvalue weighted by molar-refractivity contribution is 5.69. The van der Waals surface area contributed by atoms with Crippen LogP contribution in [0.3, 0.4) is 0 Å². The zero-order chi connectivity index (χ0) is 44.2. The number of methoxy groups -OCH3 is 2. The van der Waals surface area contributed by atoms with Crippen LogP contribution in [0, 0.1) is 0 Å². The first-order chi connectivity index (χ1) is 30.0. The van der Waals surface area contributed by atoms with Crippen LogP contribution in [0.5, 0.6) is 0 Å². The molecule has 61 heavy (non-hydrogen) atoms. The first-order valence-corrected chi connectivity index (χ1v) is 25.8. The van der Waals surface area contributed by atoms with Crippen LogP contribution in [0.1, 0.15) is 232 Å². The Morgan fingerprint density at radius 2 is 0.885 bits per heavy atom. The van der Waals surface area contributed by atoms with Gasteiger partial charge in [0.05, 0.1) is 26.9 Å². The van der Waals surface area contributed by atoms with Crippen molar-refractivity contribution >= 4 is 11.9 Å². The molecule has 1 saturated heterocycles. The highest BCUT2D eigenvalue weighted by Crippen LogP contribution is 2.35. The number of esters is 2. The molecule has 7 nitrogen and oxygen atoms in total. The molecule has 1 aliphatic heterocycles. The molecule has 0 aliphatic carbocycles. The molecule has 1 atom stereocenters. The van der Waals surface area contributed by atoms with E-state index in [4.69, 9.17) is 18.9 Å². The third-order valence-corrected chi connectivity index (χ3v) is 12.1. The molecule has 0 spiro atoms. The summed E-state index contributed by atoms with van der Waals surface area (Å²) in [6.45, 7) is 8.00. The summed E-state index contributed by atoms with van der Waals surface area (Å²) in [6, 6.07) is 0. The lowest BCUT2D eigenvalue weighted by atomic mass is 9.98. The van der Waals surface area contributed by atoms with Crippen molar-refractivity contribution < 1.29 is 28.5 Å². The number of carbonyl (C=O) groups is 2. The van der Waals surface area contributed by atoms with Gasteiger partial charge in [-0.15, -0.1) is 0 Å². The smallest absolute Gasteiger partial charge is 0.305 e. The number of carbonyl (C=O) groups excluding carboxylic acids is 2. The number of ether oxygens (including phenoxy) is 4. The number of rotatable bonds is 44. The standard InChI is InChI=1S/C54H97NO6/c1-5-7-9-11-13-15-17-19-21-23-25-27-29-31-33-39-45-54(46-40-34-32-30-28-26-24-22-20-18-16-14-12-10-8-6-2)60-50-51(61-54)49-55(47-41-35-37-43-52(56)58-3)48-42-36-38-44-53(57)59-4/h13-16,19-22,51H,5-12,17-18,23-50H2,1-4H3/b15-13-,16-14-,21-19-,22-20-/t51-/m0/s1. The van der Waals surface area contributed by atoms with Gasteiger partial charge in [-0.3, -0.25) is 9.59 Å². The van der Waals surface area contributed by atoms with Crippen molar-refractivity contribution in [1.29, 1.82) is 0 Å². The summed E-state index contributed by atoms with van der Waals surface area (Å²) in [5.41, 5.74) is 0. The summed E-state index contributed by atoms with van der Waals surface area (Å²) in [4.78, 5) is 25.8. The molecule has 0 aromatic heterocycles. The average Bonchev–Trinajstić information content (AvgIpc) is 3.67. The molecule has 0 saturated carbocycles. The van der Waals surface area contributed by atoms with Crippen molar-refractivity contribution in [1.82, 2.24) is 4.90 Å². The van der Waals surface area contributed by atoms with E-state index in [2.05, 4.69) is 67.4 Å². The molecule has 0 aromatic carbocycles. The molecule has 354 valence electrons. The topological polar surface area (TPSA) is 74.3 Å². The second-order valence-corrected chi connectivity index (χ2v) is 17.7. The predicted octanol–water partition coefficient (Wildman–Crippen LogP) is 15.3. The maximum absolute atomic E-state index is 11.6. The molecule has 0 unspecified atom stereocenters. The van der Waals surface area contributed by atoms with Gasteiger partial charge in [-0.25, -0.2) is 0 Å². The van der Waals surface area contributed by atoms with Crippen molar-refractivity contribution in [2.75, 3.05) is 40.5 Å². The van der Waals surface area contributed by atoms with Crippen LogP contribution < -0.4 is 0 Å². The van der Waals surface area contributed by atoms with E-state index in [0.29, 0.717) is 19.4 Å². The summed E-state index contributed by atoms with van der Waals surface area (Å²) < 4.78 is 23.3. The van der Waals surface area contributed by atoms with Crippen molar-refractivity contribution in [3.05, 3.63) is 48.6 Å². The van der Waals surface area contributed by atoms with E-state index in [1.807, 2.05) is 0 Å². The number of allylic oxidation sites excluding steroid dienone is 8. The summed E-state index contributed by atoms with van der Waals surface area (Å²) in [5, 5.41) is 0. The Morgan fingerprint density at radius 1 is 0.508 bits per heavy atom. The second-order valence-electron chi connectivity index (χ2n) is 17.7. The molecule has 7 heteroatoms. The van der Waals surface area contributed by atoms with Gasteiger partial charge in [0.15, 0.2) is 5.79 Å². The van der Waals surface area contributed by atoms with Gasteiger partial charge in [0.25, 0.3) is 0 Å². The van der Waals surface area contributed by atoms with Gasteiger partial charge in [0.1, 0.15) is 0 Å². The number of unbranched alkanes of at least 4 members (excludes halogenated alkanes) is 22. The molecule has 0 amide bonds. The predicted molar refractivity (Wildman–Crippen MR) is 259 cm³/mol. The first-order valence-electron chi connectivity index (χ1n) is 25.8. The molecule has 1 aliphatic rings. The molecule has 1 rings (SSSR count). The molecule has 0 N–H and O–H groups in total. The normalized spacial score (nSPS) is 15.5. The van der Waals surface area contributed by atoms with Crippen LogP contribution in [0.15, 0.2) is 48.6 Å². The van der Waals surface area contributed by atoms with Crippen LogP contribution in [-0.4, -0.2) is 69.2 Å². The third kappa shape index (κ3) is 35.9. The maximum Gasteiger partial charge on any atom is 0.305 e. The second kappa shape index (κ2) is 43.1. The summed E-state index contributed by atoms with van der Waals surface area (Å²) >= 11 is 0. The van der Waals surface area contributed by atoms with Crippen molar-refractivity contribution in [2.45, 2.75) is 244 Å². The van der Waals surface area contributed by atoms with E-state index in [0.717, 1.165) is 96.7 Å². The Balaban J connectivity index is 2.58. The first kappa shape index (κ1) is 56.8. The van der Waals surface area contributed by atoms with Gasteiger partial charge in [-0.2, -0.15) is 0 Å². The van der Waals surface area contributed by atoms with Gasteiger partial charge >= 0.3 is 11.9 Å². The van der Waals surface area contributed by atoms with E-state index in [-0.39, 0.29) is 18.0 Å². The fourth-order valence-electron chi connectivity index (χ4n) is 8.21. The Labute approximate surface area is 377 Å². The number of hydrogen-bond donors (Lipinski definition) is 0. The van der Waals surface area contributed by atoms with Gasteiger partial charge < -0.3 is 23.8 Å². The monoisotopic (exact) mass is 856 g/mol. The quantitative estimate of drug-likeness (QED) is 0.0343. The molecule has 0 bridgehead atoms. The zero-order valence-corrected chi connectivity index (χ0v) is 40.5. The molecular formula is C54H97NO6. The number of hydrogen-bond acceptors (Lipinski definition) is 7. The van der Waals surface area contributed by atoms with Crippen LogP contribution in [0.2, 0.25) is 0 Å². The van der Waals surface area contributed by atoms with Gasteiger partial charge in [0.2, 0.25) is 0 Å². The zero-order valence-electron chi connectivity index (χ0n) is 40.5. The summed E-state index contributed by atoms with van der Waals surface area (Å²) in [6.07, 6.45) is 57.6. The fourth-order valence-corrected chi connectivity index (χ4v) is 8.21. The van der Waals surface area contributed by atoms with E-state index in [1.54, 1.807) is 0 Å². The Kier molecular flexibility index (Phi) is 40.1. The highest BCUT2D eigenvalue weighted by atomic mass is 16.7. The fraction of sp³-hybridized carbons (Fsp3) is 0.815.